The molecule has 2 aliphatic heterocycles. The summed E-state index contributed by atoms with van der Waals surface area (Å²) in [6.45, 7) is 4.33. The van der Waals surface area contributed by atoms with Gasteiger partial charge in [-0.3, -0.25) is 14.5 Å². The molecular formula is C25H26N4O2S. The maximum absolute atomic E-state index is 12.7. The minimum atomic E-state index is -0.0595. The van der Waals surface area contributed by atoms with Crippen LogP contribution >= 0.6 is 11.3 Å². The summed E-state index contributed by atoms with van der Waals surface area (Å²) in [5.41, 5.74) is 3.09. The second kappa shape index (κ2) is 8.48. The molecule has 2 aliphatic rings. The average Bonchev–Trinajstić information content (AvgIpc) is 3.35. The van der Waals surface area contributed by atoms with Gasteiger partial charge in [-0.2, -0.15) is 0 Å². The highest BCUT2D eigenvalue weighted by Gasteiger charge is 2.34. The Bertz CT molecular complexity index is 1230. The van der Waals surface area contributed by atoms with Gasteiger partial charge in [-0.1, -0.05) is 18.2 Å². The normalized spacial score (nSPS) is 18.4. The second-order valence-electron chi connectivity index (χ2n) is 8.57. The van der Waals surface area contributed by atoms with Crippen LogP contribution in [0.15, 0.2) is 42.6 Å². The maximum atomic E-state index is 12.7. The number of hydrogen-bond donors (Lipinski definition) is 1. The number of amides is 2. The molecule has 1 fully saturated rings. The lowest BCUT2D eigenvalue weighted by molar-refractivity contribution is -0.125. The molecule has 3 aromatic rings. The highest BCUT2D eigenvalue weighted by Crippen LogP contribution is 2.31. The Morgan fingerprint density at radius 1 is 1.38 bits per heavy atom. The third kappa shape index (κ3) is 3.94. The molecule has 32 heavy (non-hydrogen) atoms. The van der Waals surface area contributed by atoms with E-state index in [-0.39, 0.29) is 17.9 Å². The van der Waals surface area contributed by atoms with Gasteiger partial charge >= 0.3 is 0 Å². The predicted octanol–water partition coefficient (Wildman–Crippen LogP) is 4.19. The summed E-state index contributed by atoms with van der Waals surface area (Å²) >= 11 is 1.74. The molecule has 2 amide bonds. The predicted molar refractivity (Wildman–Crippen MR) is 128 cm³/mol. The van der Waals surface area contributed by atoms with Gasteiger partial charge in [0, 0.05) is 41.0 Å². The number of benzene rings is 1. The van der Waals surface area contributed by atoms with Crippen LogP contribution in [-0.4, -0.2) is 46.2 Å². The number of thiophene rings is 1. The lowest BCUT2D eigenvalue weighted by atomic mass is 10.1. The minimum absolute atomic E-state index is 0.0328. The van der Waals surface area contributed by atoms with Crippen molar-refractivity contribution in [3.8, 4) is 0 Å². The number of nitrogens with zero attached hydrogens (tertiary/aromatic N) is 3. The van der Waals surface area contributed by atoms with Gasteiger partial charge in [-0.05, 0) is 61.0 Å². The van der Waals surface area contributed by atoms with Crippen LogP contribution in [0.4, 0.5) is 5.82 Å². The molecule has 0 aliphatic carbocycles. The van der Waals surface area contributed by atoms with Crippen molar-refractivity contribution >= 4 is 45.1 Å². The number of carbonyl (C=O) groups is 2. The quantitative estimate of drug-likeness (QED) is 0.610. The molecule has 1 atom stereocenters. The fourth-order valence-electron chi connectivity index (χ4n) is 4.55. The lowest BCUT2D eigenvalue weighted by Gasteiger charge is -2.19. The van der Waals surface area contributed by atoms with Crippen molar-refractivity contribution in [1.82, 2.24) is 14.8 Å². The monoisotopic (exact) mass is 446 g/mol. The second-order valence-corrected chi connectivity index (χ2v) is 9.70. The Morgan fingerprint density at radius 3 is 3.06 bits per heavy atom. The van der Waals surface area contributed by atoms with Gasteiger partial charge in [0.2, 0.25) is 11.8 Å². The highest BCUT2D eigenvalue weighted by atomic mass is 32.1. The Kier molecular flexibility index (Phi) is 5.53. The number of likely N-dealkylation sites (N-methyl/N-ethyl adjacent to an activating group) is 1. The van der Waals surface area contributed by atoms with Gasteiger partial charge < -0.3 is 10.2 Å². The molecule has 2 aromatic heterocycles. The summed E-state index contributed by atoms with van der Waals surface area (Å²) in [6.07, 6.45) is 7.04. The molecule has 6 nitrogen and oxygen atoms in total. The van der Waals surface area contributed by atoms with Crippen molar-refractivity contribution in [2.75, 3.05) is 18.9 Å². The molecule has 0 saturated carbocycles. The van der Waals surface area contributed by atoms with E-state index < -0.39 is 0 Å². The zero-order valence-electron chi connectivity index (χ0n) is 18.3. The SMILES string of the molecule is Cc1c(CN(C)C(=O)C=Cc2cnc3c(c2)CN2CCC[C@H]2C(=O)N3)sc2ccccc12. The van der Waals surface area contributed by atoms with Crippen LogP contribution in [-0.2, 0) is 22.7 Å². The highest BCUT2D eigenvalue weighted by molar-refractivity contribution is 7.19. The van der Waals surface area contributed by atoms with Crippen LogP contribution in [0, 0.1) is 6.92 Å². The molecule has 5 rings (SSSR count). The first-order valence-corrected chi connectivity index (χ1v) is 11.8. The van der Waals surface area contributed by atoms with Crippen LogP contribution in [0.2, 0.25) is 0 Å². The summed E-state index contributed by atoms with van der Waals surface area (Å²) in [5.74, 6) is 0.611. The van der Waals surface area contributed by atoms with E-state index in [4.69, 9.17) is 0 Å². The van der Waals surface area contributed by atoms with E-state index in [0.29, 0.717) is 18.9 Å². The Balaban J connectivity index is 1.29. The number of aromatic nitrogens is 1. The molecular weight excluding hydrogens is 420 g/mol. The van der Waals surface area contributed by atoms with Crippen molar-refractivity contribution in [2.24, 2.45) is 0 Å². The third-order valence-electron chi connectivity index (χ3n) is 6.39. The van der Waals surface area contributed by atoms with E-state index in [9.17, 15) is 9.59 Å². The summed E-state index contributed by atoms with van der Waals surface area (Å²) in [7, 11) is 1.83. The van der Waals surface area contributed by atoms with Crippen LogP contribution in [0.5, 0.6) is 0 Å². The van der Waals surface area contributed by atoms with Crippen molar-refractivity contribution in [1.29, 1.82) is 0 Å². The zero-order chi connectivity index (χ0) is 22.2. The summed E-state index contributed by atoms with van der Waals surface area (Å²) in [4.78, 5) is 34.8. The maximum Gasteiger partial charge on any atom is 0.246 e. The van der Waals surface area contributed by atoms with E-state index in [1.54, 1.807) is 34.6 Å². The molecule has 7 heteroatoms. The fraction of sp³-hybridized carbons (Fsp3) is 0.320. The average molecular weight is 447 g/mol. The van der Waals surface area contributed by atoms with Crippen LogP contribution in [0.25, 0.3) is 16.2 Å². The Hall–Kier alpha value is -3.03. The van der Waals surface area contributed by atoms with Crippen molar-refractivity contribution < 1.29 is 9.59 Å². The first kappa shape index (κ1) is 20.8. The van der Waals surface area contributed by atoms with Crippen LogP contribution in [0.3, 0.4) is 0 Å². The smallest absolute Gasteiger partial charge is 0.246 e. The lowest BCUT2D eigenvalue weighted by Crippen LogP contribution is -2.36. The molecule has 4 heterocycles. The molecule has 0 spiro atoms. The van der Waals surface area contributed by atoms with E-state index in [1.165, 1.54) is 20.5 Å². The molecule has 1 N–H and O–H groups in total. The molecule has 0 radical (unpaired) electrons. The number of fused-ring (bicyclic) bond motifs is 3. The topological polar surface area (TPSA) is 65.5 Å². The summed E-state index contributed by atoms with van der Waals surface area (Å²) in [5, 5.41) is 4.21. The van der Waals surface area contributed by atoms with E-state index in [0.717, 1.165) is 30.5 Å². The van der Waals surface area contributed by atoms with Gasteiger partial charge in [0.05, 0.1) is 12.6 Å². The molecule has 1 aromatic carbocycles. The van der Waals surface area contributed by atoms with Crippen molar-refractivity contribution in [3.05, 3.63) is 64.2 Å². The molecule has 0 bridgehead atoms. The third-order valence-corrected chi connectivity index (χ3v) is 7.64. The number of nitrogens with one attached hydrogen (secondary N) is 1. The number of carbonyl (C=O) groups excluding carboxylic acids is 2. The van der Waals surface area contributed by atoms with Gasteiger partial charge in [-0.15, -0.1) is 11.3 Å². The van der Waals surface area contributed by atoms with E-state index in [1.807, 2.05) is 25.2 Å². The van der Waals surface area contributed by atoms with Gasteiger partial charge in [0.25, 0.3) is 0 Å². The Morgan fingerprint density at radius 2 is 2.22 bits per heavy atom. The van der Waals surface area contributed by atoms with Crippen LogP contribution in [0.1, 0.15) is 34.4 Å². The molecule has 1 saturated heterocycles. The van der Waals surface area contributed by atoms with Crippen LogP contribution < -0.4 is 5.32 Å². The first-order valence-electron chi connectivity index (χ1n) is 10.9. The van der Waals surface area contributed by atoms with Gasteiger partial charge in [-0.25, -0.2) is 4.98 Å². The minimum Gasteiger partial charge on any atom is -0.337 e. The number of hydrogen-bond acceptors (Lipinski definition) is 5. The number of anilines is 1. The molecule has 164 valence electrons. The molecule has 0 unspecified atom stereocenters. The number of rotatable bonds is 4. The standard InChI is InChI=1S/C25H26N4O2S/c1-16-19-6-3-4-8-21(19)32-22(16)15-28(2)23(30)10-9-17-12-18-14-29-11-5-7-20(29)25(31)27-24(18)26-13-17/h3-4,6,8-10,12-13,20H,5,7,11,14-15H2,1-2H3,(H,26,27,31)/t20-/m0/s1. The number of pyridine rings is 1. The first-order chi connectivity index (χ1) is 15.5. The van der Waals surface area contributed by atoms with Crippen molar-refractivity contribution in [2.45, 2.75) is 38.9 Å². The van der Waals surface area contributed by atoms with Gasteiger partial charge in [0.1, 0.15) is 5.82 Å². The summed E-state index contributed by atoms with van der Waals surface area (Å²) < 4.78 is 1.25. The summed E-state index contributed by atoms with van der Waals surface area (Å²) in [6, 6.07) is 10.3. The largest absolute Gasteiger partial charge is 0.337 e. The van der Waals surface area contributed by atoms with E-state index >= 15 is 0 Å². The fourth-order valence-corrected chi connectivity index (χ4v) is 5.81. The van der Waals surface area contributed by atoms with Gasteiger partial charge in [0.15, 0.2) is 0 Å². The van der Waals surface area contributed by atoms with Crippen molar-refractivity contribution in [3.63, 3.8) is 0 Å². The Labute approximate surface area is 191 Å². The van der Waals surface area contributed by atoms with E-state index in [2.05, 4.69) is 34.3 Å². The zero-order valence-corrected chi connectivity index (χ0v) is 19.1. The number of aryl methyl sites for hydroxylation is 1.